The van der Waals surface area contributed by atoms with Crippen molar-refractivity contribution in [1.82, 2.24) is 0 Å². The Kier molecular flexibility index (Phi) is 7.21. The molecule has 10 nitrogen and oxygen atoms in total. The molecule has 2 aromatic carbocycles. The van der Waals surface area contributed by atoms with Crippen molar-refractivity contribution in [2.75, 3.05) is 26.2 Å². The number of hydrogen-bond acceptors (Lipinski definition) is 9. The number of aromatic hydroxyl groups is 1. The van der Waals surface area contributed by atoms with Gasteiger partial charge in [0.05, 0.1) is 33.2 Å². The summed E-state index contributed by atoms with van der Waals surface area (Å²) in [5, 5.41) is 17.1. The first-order valence-corrected chi connectivity index (χ1v) is 10.2. The summed E-state index contributed by atoms with van der Waals surface area (Å²) < 4.78 is 15.3. The smallest absolute Gasteiger partial charge is 0.247 e. The maximum absolute atomic E-state index is 12.7. The zero-order valence-corrected chi connectivity index (χ0v) is 18.5. The number of phenolic OH excluding ortho intramolecular Hbond substituents is 1. The molecular weight excluding hydrogens is 436 g/mol. The van der Waals surface area contributed by atoms with E-state index in [-0.39, 0.29) is 40.7 Å². The van der Waals surface area contributed by atoms with E-state index in [4.69, 9.17) is 19.9 Å². The Hall–Kier alpha value is -3.73. The zero-order valence-electron chi connectivity index (χ0n) is 17.6. The van der Waals surface area contributed by atoms with Gasteiger partial charge in [0.15, 0.2) is 16.7 Å². The van der Waals surface area contributed by atoms with Crippen LogP contribution in [0.4, 0.5) is 5.69 Å². The van der Waals surface area contributed by atoms with E-state index in [2.05, 4.69) is 10.2 Å². The molecule has 168 valence electrons. The molecule has 1 heterocycles. The lowest BCUT2D eigenvalue weighted by Gasteiger charge is -2.15. The molecule has 0 saturated carbocycles. The maximum Gasteiger partial charge on any atom is 0.247 e. The van der Waals surface area contributed by atoms with Gasteiger partial charge in [0.2, 0.25) is 17.6 Å². The number of rotatable bonds is 7. The van der Waals surface area contributed by atoms with Gasteiger partial charge in [-0.1, -0.05) is 11.8 Å². The first-order valence-electron chi connectivity index (χ1n) is 9.37. The van der Waals surface area contributed by atoms with Crippen LogP contribution in [-0.4, -0.2) is 54.9 Å². The Morgan fingerprint density at radius 3 is 2.31 bits per heavy atom. The number of amides is 2. The highest BCUT2D eigenvalue weighted by Gasteiger charge is 2.40. The molecule has 1 aliphatic rings. The lowest BCUT2D eigenvalue weighted by molar-refractivity contribution is -0.121. The van der Waals surface area contributed by atoms with Crippen LogP contribution in [0.1, 0.15) is 12.0 Å². The van der Waals surface area contributed by atoms with Crippen molar-refractivity contribution in [1.29, 1.82) is 0 Å². The van der Waals surface area contributed by atoms with Crippen LogP contribution in [0.15, 0.2) is 46.6 Å². The van der Waals surface area contributed by atoms with Crippen LogP contribution in [0.25, 0.3) is 0 Å². The van der Waals surface area contributed by atoms with E-state index < -0.39 is 5.25 Å². The highest BCUT2D eigenvalue weighted by molar-refractivity contribution is 8.14. The number of anilines is 1. The summed E-state index contributed by atoms with van der Waals surface area (Å²) >= 11 is 0.966. The van der Waals surface area contributed by atoms with Gasteiger partial charge in [-0.15, -0.1) is 5.10 Å². The molecule has 0 spiro atoms. The van der Waals surface area contributed by atoms with E-state index >= 15 is 0 Å². The molecule has 0 bridgehead atoms. The fraction of sp³-hybridized carbons (Fsp3) is 0.238. The Balaban J connectivity index is 1.68. The van der Waals surface area contributed by atoms with Crippen LogP contribution in [0.2, 0.25) is 0 Å². The van der Waals surface area contributed by atoms with Gasteiger partial charge in [-0.05, 0) is 36.4 Å². The molecule has 0 radical (unpaired) electrons. The number of ether oxygens (including phenoxy) is 3. The number of phenols is 1. The third-order valence-corrected chi connectivity index (χ3v) is 5.54. The van der Waals surface area contributed by atoms with Crippen molar-refractivity contribution in [3.05, 3.63) is 42.0 Å². The molecule has 0 unspecified atom stereocenters. The van der Waals surface area contributed by atoms with Gasteiger partial charge in [0, 0.05) is 12.0 Å². The fourth-order valence-electron chi connectivity index (χ4n) is 3.01. The molecule has 1 saturated heterocycles. The van der Waals surface area contributed by atoms with Crippen molar-refractivity contribution in [3.63, 3.8) is 0 Å². The lowest BCUT2D eigenvalue weighted by Crippen LogP contribution is -2.31. The molecule has 2 aromatic rings. The molecule has 11 heteroatoms. The minimum atomic E-state index is -0.697. The van der Waals surface area contributed by atoms with Crippen LogP contribution in [0.3, 0.4) is 0 Å². The number of imide groups is 1. The lowest BCUT2D eigenvalue weighted by atomic mass is 10.2. The highest BCUT2D eigenvalue weighted by Crippen LogP contribution is 2.36. The monoisotopic (exact) mass is 458 g/mol. The zero-order chi connectivity index (χ0) is 23.3. The van der Waals surface area contributed by atoms with Gasteiger partial charge in [-0.3, -0.25) is 9.59 Å². The second-order valence-electron chi connectivity index (χ2n) is 6.53. The Labute approximate surface area is 188 Å². The Morgan fingerprint density at radius 2 is 1.75 bits per heavy atom. The summed E-state index contributed by atoms with van der Waals surface area (Å²) in [5.74, 6) is 0.225. The number of nitrogens with zero attached hydrogens (tertiary/aromatic N) is 3. The average Bonchev–Trinajstić information content (AvgIpc) is 3.07. The minimum Gasteiger partial charge on any atom is -0.502 e. The van der Waals surface area contributed by atoms with Gasteiger partial charge in [-0.25, -0.2) is 4.90 Å². The van der Waals surface area contributed by atoms with E-state index in [1.54, 1.807) is 36.4 Å². The molecule has 1 fully saturated rings. The number of thioether (sulfide) groups is 1. The second kappa shape index (κ2) is 10.1. The molecule has 3 N–H and O–H groups in total. The molecular formula is C21H22N4O6S. The largest absolute Gasteiger partial charge is 0.502 e. The highest BCUT2D eigenvalue weighted by atomic mass is 32.2. The number of carbonyl (C=O) groups excluding carboxylic acids is 2. The first kappa shape index (κ1) is 22.9. The standard InChI is InChI=1S/C21H22N4O6S/c1-29-14-6-4-13(5-7-14)25-18(26)10-17(20(25)28)32-21(22)24-23-11-12-8-15(30-2)19(27)16(9-12)31-3/h4-9,11,17,27H,10H2,1-3H3,(H2,22,24)/b23-11-/t17-/m0/s1. The molecule has 1 aliphatic heterocycles. The molecule has 0 aromatic heterocycles. The van der Waals surface area contributed by atoms with Gasteiger partial charge in [0.1, 0.15) is 11.0 Å². The topological polar surface area (TPSA) is 136 Å². The van der Waals surface area contributed by atoms with Crippen molar-refractivity contribution in [2.24, 2.45) is 15.9 Å². The van der Waals surface area contributed by atoms with Crippen LogP contribution in [0.5, 0.6) is 23.0 Å². The van der Waals surface area contributed by atoms with E-state index in [9.17, 15) is 14.7 Å². The number of methoxy groups -OCH3 is 3. The molecule has 3 rings (SSSR count). The van der Waals surface area contributed by atoms with Crippen LogP contribution < -0.4 is 24.8 Å². The van der Waals surface area contributed by atoms with Crippen molar-refractivity contribution in [2.45, 2.75) is 11.7 Å². The summed E-state index contributed by atoms with van der Waals surface area (Å²) in [4.78, 5) is 26.2. The molecule has 1 atom stereocenters. The number of nitrogens with two attached hydrogens (primary N) is 1. The van der Waals surface area contributed by atoms with Crippen molar-refractivity contribution in [3.8, 4) is 23.0 Å². The summed E-state index contributed by atoms with van der Waals surface area (Å²) in [6, 6.07) is 9.73. The van der Waals surface area contributed by atoms with E-state index in [1.807, 2.05) is 0 Å². The van der Waals surface area contributed by atoms with E-state index in [0.717, 1.165) is 16.7 Å². The number of hydrogen-bond donors (Lipinski definition) is 2. The summed E-state index contributed by atoms with van der Waals surface area (Å²) in [6.45, 7) is 0. The van der Waals surface area contributed by atoms with Crippen molar-refractivity contribution < 1.29 is 28.9 Å². The Bertz CT molecular complexity index is 1050. The quantitative estimate of drug-likeness (QED) is 0.279. The molecule has 0 aliphatic carbocycles. The normalized spacial score (nSPS) is 16.7. The first-order chi connectivity index (χ1) is 15.4. The fourth-order valence-corrected chi connectivity index (χ4v) is 3.83. The van der Waals surface area contributed by atoms with Gasteiger partial charge in [-0.2, -0.15) is 5.10 Å². The van der Waals surface area contributed by atoms with Gasteiger partial charge < -0.3 is 25.1 Å². The van der Waals surface area contributed by atoms with Gasteiger partial charge >= 0.3 is 0 Å². The maximum atomic E-state index is 12.7. The SMILES string of the molecule is COc1ccc(N2C(=O)C[C@H](SC(N)=N/N=C\c3cc(OC)c(O)c(OC)c3)C2=O)cc1. The predicted octanol–water partition coefficient (Wildman–Crippen LogP) is 2.13. The summed E-state index contributed by atoms with van der Waals surface area (Å²) in [6.07, 6.45) is 1.39. The third kappa shape index (κ3) is 4.94. The van der Waals surface area contributed by atoms with E-state index in [1.165, 1.54) is 27.5 Å². The number of carbonyl (C=O) groups is 2. The summed E-state index contributed by atoms with van der Waals surface area (Å²) in [5.41, 5.74) is 6.91. The number of amidine groups is 1. The second-order valence-corrected chi connectivity index (χ2v) is 7.76. The minimum absolute atomic E-state index is 0.00181. The Morgan fingerprint density at radius 1 is 1.12 bits per heavy atom. The third-order valence-electron chi connectivity index (χ3n) is 4.56. The summed E-state index contributed by atoms with van der Waals surface area (Å²) in [7, 11) is 4.36. The molecule has 2 amide bonds. The predicted molar refractivity (Wildman–Crippen MR) is 122 cm³/mol. The van der Waals surface area contributed by atoms with Crippen LogP contribution in [-0.2, 0) is 9.59 Å². The van der Waals surface area contributed by atoms with Crippen LogP contribution in [0, 0.1) is 0 Å². The van der Waals surface area contributed by atoms with Crippen molar-refractivity contribution >= 4 is 40.6 Å². The van der Waals surface area contributed by atoms with Gasteiger partial charge in [0.25, 0.3) is 0 Å². The average molecular weight is 458 g/mol. The van der Waals surface area contributed by atoms with E-state index in [0.29, 0.717) is 17.0 Å². The number of benzene rings is 2. The molecule has 32 heavy (non-hydrogen) atoms. The van der Waals surface area contributed by atoms with Crippen LogP contribution >= 0.6 is 11.8 Å².